The van der Waals surface area contributed by atoms with Crippen LogP contribution in [-0.2, 0) is 0 Å². The van der Waals surface area contributed by atoms with Gasteiger partial charge in [-0.2, -0.15) is 0 Å². The third-order valence-electron chi connectivity index (χ3n) is 5.58. The van der Waals surface area contributed by atoms with Crippen LogP contribution in [0.2, 0.25) is 0 Å². The molecule has 0 bridgehead atoms. The highest BCUT2D eigenvalue weighted by atomic mass is 16.3. The van der Waals surface area contributed by atoms with Crippen molar-refractivity contribution >= 4 is 0 Å². The molecular formula is C16H26O. The lowest BCUT2D eigenvalue weighted by molar-refractivity contribution is -0.167. The second kappa shape index (κ2) is 4.28. The average molecular weight is 234 g/mol. The Morgan fingerprint density at radius 3 is 2.82 bits per heavy atom. The summed E-state index contributed by atoms with van der Waals surface area (Å²) in [6, 6.07) is 0. The van der Waals surface area contributed by atoms with Gasteiger partial charge in [0.2, 0.25) is 0 Å². The third kappa shape index (κ3) is 1.71. The smallest absolute Gasteiger partial charge is 0.0771 e. The summed E-state index contributed by atoms with van der Waals surface area (Å²) in [7, 11) is 0. The van der Waals surface area contributed by atoms with Crippen LogP contribution in [0.5, 0.6) is 0 Å². The molecule has 2 aliphatic rings. The standard InChI is InChI=1S/C16H26O/c1-5-9-15(4)13(3)11-12(2)14-8-6-7-10-16(14,15)17/h5,13-14,17H,1-2,6-11H2,3-4H3. The topological polar surface area (TPSA) is 20.2 Å². The van der Waals surface area contributed by atoms with E-state index < -0.39 is 5.60 Å². The Labute approximate surface area is 106 Å². The van der Waals surface area contributed by atoms with Crippen molar-refractivity contribution in [3.05, 3.63) is 24.8 Å². The van der Waals surface area contributed by atoms with Gasteiger partial charge >= 0.3 is 0 Å². The van der Waals surface area contributed by atoms with E-state index >= 15 is 0 Å². The number of allylic oxidation sites excluding steroid dienone is 1. The van der Waals surface area contributed by atoms with Crippen molar-refractivity contribution in [3.8, 4) is 0 Å². The molecule has 0 saturated heterocycles. The second-order valence-electron chi connectivity index (χ2n) is 6.40. The maximum absolute atomic E-state index is 11.3. The quantitative estimate of drug-likeness (QED) is 0.714. The third-order valence-corrected chi connectivity index (χ3v) is 5.58. The summed E-state index contributed by atoms with van der Waals surface area (Å²) >= 11 is 0. The summed E-state index contributed by atoms with van der Waals surface area (Å²) in [4.78, 5) is 0. The van der Waals surface area contributed by atoms with Crippen LogP contribution in [0.1, 0.15) is 52.4 Å². The van der Waals surface area contributed by atoms with Crippen LogP contribution in [0.15, 0.2) is 24.8 Å². The van der Waals surface area contributed by atoms with Gasteiger partial charge in [-0.05, 0) is 31.6 Å². The van der Waals surface area contributed by atoms with E-state index in [1.165, 1.54) is 12.0 Å². The van der Waals surface area contributed by atoms with Gasteiger partial charge in [0.25, 0.3) is 0 Å². The van der Waals surface area contributed by atoms with Crippen molar-refractivity contribution in [1.82, 2.24) is 0 Å². The summed E-state index contributed by atoms with van der Waals surface area (Å²) in [6.07, 6.45) is 8.41. The first-order valence-corrected chi connectivity index (χ1v) is 6.96. The average Bonchev–Trinajstić information content (AvgIpc) is 2.27. The lowest BCUT2D eigenvalue weighted by atomic mass is 9.49. The van der Waals surface area contributed by atoms with E-state index in [0.717, 1.165) is 32.1 Å². The lowest BCUT2D eigenvalue weighted by Gasteiger charge is -2.59. The number of rotatable bonds is 2. The van der Waals surface area contributed by atoms with Gasteiger partial charge in [-0.15, -0.1) is 6.58 Å². The molecule has 1 N–H and O–H groups in total. The summed E-state index contributed by atoms with van der Waals surface area (Å²) in [5.74, 6) is 0.810. The van der Waals surface area contributed by atoms with E-state index in [9.17, 15) is 5.11 Å². The zero-order chi connectivity index (χ0) is 12.7. The zero-order valence-corrected chi connectivity index (χ0v) is 11.3. The monoisotopic (exact) mass is 234 g/mol. The van der Waals surface area contributed by atoms with Crippen LogP contribution in [0.25, 0.3) is 0 Å². The molecule has 0 heterocycles. The van der Waals surface area contributed by atoms with Gasteiger partial charge in [0, 0.05) is 11.3 Å². The number of aliphatic hydroxyl groups is 1. The molecule has 2 rings (SSSR count). The molecular weight excluding hydrogens is 208 g/mol. The van der Waals surface area contributed by atoms with Gasteiger partial charge in [-0.1, -0.05) is 44.9 Å². The maximum Gasteiger partial charge on any atom is 0.0771 e. The Kier molecular flexibility index (Phi) is 3.24. The first-order chi connectivity index (χ1) is 7.95. The Balaban J connectivity index is 2.42. The Morgan fingerprint density at radius 1 is 1.47 bits per heavy atom. The molecule has 2 aliphatic carbocycles. The molecule has 0 aromatic rings. The Bertz CT molecular complexity index is 332. The van der Waals surface area contributed by atoms with E-state index in [0.29, 0.717) is 11.8 Å². The van der Waals surface area contributed by atoms with E-state index in [1.807, 2.05) is 6.08 Å². The molecule has 1 heteroatoms. The van der Waals surface area contributed by atoms with E-state index in [-0.39, 0.29) is 5.41 Å². The molecule has 4 atom stereocenters. The van der Waals surface area contributed by atoms with E-state index in [1.54, 1.807) is 0 Å². The van der Waals surface area contributed by atoms with Crippen LogP contribution < -0.4 is 0 Å². The minimum atomic E-state index is -0.547. The lowest BCUT2D eigenvalue weighted by Crippen LogP contribution is -2.59. The molecule has 0 aromatic heterocycles. The first kappa shape index (κ1) is 12.9. The molecule has 0 aromatic carbocycles. The van der Waals surface area contributed by atoms with Crippen LogP contribution in [-0.4, -0.2) is 10.7 Å². The summed E-state index contributed by atoms with van der Waals surface area (Å²) in [5, 5.41) is 11.3. The van der Waals surface area contributed by atoms with Crippen molar-refractivity contribution in [3.63, 3.8) is 0 Å². The molecule has 1 nitrogen and oxygen atoms in total. The summed E-state index contributed by atoms with van der Waals surface area (Å²) in [6.45, 7) is 12.6. The normalized spacial score (nSPS) is 46.4. The Hall–Kier alpha value is -0.560. The molecule has 17 heavy (non-hydrogen) atoms. The fourth-order valence-electron chi connectivity index (χ4n) is 4.25. The molecule has 0 amide bonds. The molecule has 0 radical (unpaired) electrons. The van der Waals surface area contributed by atoms with Gasteiger partial charge in [-0.3, -0.25) is 0 Å². The van der Waals surface area contributed by atoms with Crippen molar-refractivity contribution in [1.29, 1.82) is 0 Å². The van der Waals surface area contributed by atoms with E-state index in [4.69, 9.17) is 0 Å². The summed E-state index contributed by atoms with van der Waals surface area (Å²) in [5.41, 5.74) is 0.705. The maximum atomic E-state index is 11.3. The van der Waals surface area contributed by atoms with Crippen LogP contribution in [0.3, 0.4) is 0 Å². The second-order valence-corrected chi connectivity index (χ2v) is 6.40. The fraction of sp³-hybridized carbons (Fsp3) is 0.750. The van der Waals surface area contributed by atoms with E-state index in [2.05, 4.69) is 27.0 Å². The molecule has 0 aliphatic heterocycles. The Morgan fingerprint density at radius 2 is 2.18 bits per heavy atom. The van der Waals surface area contributed by atoms with Crippen molar-refractivity contribution < 1.29 is 5.11 Å². The van der Waals surface area contributed by atoms with Gasteiger partial charge in [0.05, 0.1) is 5.60 Å². The van der Waals surface area contributed by atoms with Crippen molar-refractivity contribution in [2.45, 2.75) is 58.0 Å². The zero-order valence-electron chi connectivity index (χ0n) is 11.3. The number of fused-ring (bicyclic) bond motifs is 1. The van der Waals surface area contributed by atoms with Crippen molar-refractivity contribution in [2.75, 3.05) is 0 Å². The largest absolute Gasteiger partial charge is 0.389 e. The van der Waals surface area contributed by atoms with Crippen LogP contribution >= 0.6 is 0 Å². The highest BCUT2D eigenvalue weighted by molar-refractivity contribution is 5.22. The number of hydrogen-bond donors (Lipinski definition) is 1. The minimum Gasteiger partial charge on any atom is -0.389 e. The molecule has 2 fully saturated rings. The minimum absolute atomic E-state index is 0.0268. The molecule has 0 spiro atoms. The SMILES string of the molecule is C=CCC1(C)C(C)CC(=C)C2CCCCC21O. The van der Waals surface area contributed by atoms with Crippen LogP contribution in [0.4, 0.5) is 0 Å². The molecule has 96 valence electrons. The number of hydrogen-bond acceptors (Lipinski definition) is 1. The predicted octanol–water partition coefficient (Wildman–Crippen LogP) is 4.09. The van der Waals surface area contributed by atoms with Gasteiger partial charge in [0.1, 0.15) is 0 Å². The highest BCUT2D eigenvalue weighted by Gasteiger charge is 2.57. The molecule has 2 saturated carbocycles. The van der Waals surface area contributed by atoms with Crippen molar-refractivity contribution in [2.24, 2.45) is 17.3 Å². The summed E-state index contributed by atoms with van der Waals surface area (Å²) < 4.78 is 0. The van der Waals surface area contributed by atoms with Gasteiger partial charge < -0.3 is 5.11 Å². The van der Waals surface area contributed by atoms with Crippen LogP contribution in [0, 0.1) is 17.3 Å². The predicted molar refractivity (Wildman–Crippen MR) is 72.7 cm³/mol. The fourth-order valence-corrected chi connectivity index (χ4v) is 4.25. The van der Waals surface area contributed by atoms with Gasteiger partial charge in [-0.25, -0.2) is 0 Å². The highest BCUT2D eigenvalue weighted by Crippen LogP contribution is 2.59. The molecule has 4 unspecified atom stereocenters. The first-order valence-electron chi connectivity index (χ1n) is 6.96. The van der Waals surface area contributed by atoms with Gasteiger partial charge in [0.15, 0.2) is 0 Å².